The molecule has 0 spiro atoms. The highest BCUT2D eigenvalue weighted by Crippen LogP contribution is 2.24. The van der Waals surface area contributed by atoms with Crippen LogP contribution in [0.4, 0.5) is 0 Å². The van der Waals surface area contributed by atoms with Gasteiger partial charge in [0, 0.05) is 49.7 Å². The molecule has 0 saturated heterocycles. The molecule has 4 heteroatoms. The van der Waals surface area contributed by atoms with Gasteiger partial charge in [0.05, 0.1) is 5.69 Å². The molecule has 0 saturated carbocycles. The van der Waals surface area contributed by atoms with Gasteiger partial charge in [0.2, 0.25) is 0 Å². The van der Waals surface area contributed by atoms with Gasteiger partial charge >= 0.3 is 0 Å². The maximum atomic E-state index is 4.88. The summed E-state index contributed by atoms with van der Waals surface area (Å²) < 4.78 is 2.31. The van der Waals surface area contributed by atoms with E-state index >= 15 is 0 Å². The summed E-state index contributed by atoms with van der Waals surface area (Å²) in [5.41, 5.74) is 6.15. The molecule has 2 aromatic heterocycles. The second-order valence-corrected chi connectivity index (χ2v) is 7.25. The van der Waals surface area contributed by atoms with E-state index in [9.17, 15) is 0 Å². The zero-order valence-corrected chi connectivity index (χ0v) is 15.5. The Bertz CT molecular complexity index is 1100. The standard InChI is InChI=1S/C23H22N4/c1-26-20(13-18-9-5-6-10-22(18)26)15-27-12-11-19-14-24-23(25-21(19)16-27)17-7-3-2-4-8-17/h2-10,13-14H,11-12,15-16H2,1H3. The lowest BCUT2D eigenvalue weighted by Crippen LogP contribution is -2.31. The number of aryl methyl sites for hydroxylation is 1. The number of para-hydroxylation sites is 1. The summed E-state index contributed by atoms with van der Waals surface area (Å²) in [7, 11) is 2.16. The summed E-state index contributed by atoms with van der Waals surface area (Å²) in [6, 6.07) is 21.1. The predicted molar refractivity (Wildman–Crippen MR) is 108 cm³/mol. The quantitative estimate of drug-likeness (QED) is 0.553. The van der Waals surface area contributed by atoms with Gasteiger partial charge in [-0.1, -0.05) is 48.5 Å². The molecule has 4 nitrogen and oxygen atoms in total. The minimum absolute atomic E-state index is 0.820. The van der Waals surface area contributed by atoms with Crippen molar-refractivity contribution < 1.29 is 0 Å². The molecule has 0 amide bonds. The lowest BCUT2D eigenvalue weighted by Gasteiger charge is -2.28. The summed E-state index contributed by atoms with van der Waals surface area (Å²) in [6.07, 6.45) is 3.02. The number of aromatic nitrogens is 3. The maximum absolute atomic E-state index is 4.88. The topological polar surface area (TPSA) is 34.0 Å². The highest BCUT2D eigenvalue weighted by Gasteiger charge is 2.20. The zero-order chi connectivity index (χ0) is 18.2. The van der Waals surface area contributed by atoms with Gasteiger partial charge in [0.25, 0.3) is 0 Å². The first-order valence-electron chi connectivity index (χ1n) is 9.44. The lowest BCUT2D eigenvalue weighted by molar-refractivity contribution is 0.236. The number of hydrogen-bond acceptors (Lipinski definition) is 3. The lowest BCUT2D eigenvalue weighted by atomic mass is 10.1. The molecule has 1 aliphatic rings. The number of benzene rings is 2. The minimum atomic E-state index is 0.820. The third-order valence-electron chi connectivity index (χ3n) is 5.49. The first-order valence-corrected chi connectivity index (χ1v) is 9.44. The van der Waals surface area contributed by atoms with Gasteiger partial charge < -0.3 is 4.57 Å². The van der Waals surface area contributed by atoms with Crippen LogP contribution in [0.1, 0.15) is 17.0 Å². The van der Waals surface area contributed by atoms with Gasteiger partial charge in [-0.3, -0.25) is 4.90 Å². The van der Waals surface area contributed by atoms with Crippen LogP contribution < -0.4 is 0 Å². The van der Waals surface area contributed by atoms with E-state index in [1.807, 2.05) is 24.4 Å². The van der Waals surface area contributed by atoms with Crippen molar-refractivity contribution in [2.24, 2.45) is 7.05 Å². The van der Waals surface area contributed by atoms with Crippen molar-refractivity contribution in [3.63, 3.8) is 0 Å². The fraction of sp³-hybridized carbons (Fsp3) is 0.217. The van der Waals surface area contributed by atoms with E-state index in [1.54, 1.807) is 0 Å². The van der Waals surface area contributed by atoms with Crippen LogP contribution in [0.2, 0.25) is 0 Å². The van der Waals surface area contributed by atoms with E-state index in [0.29, 0.717) is 0 Å². The van der Waals surface area contributed by atoms with Crippen molar-refractivity contribution in [2.45, 2.75) is 19.5 Å². The Hall–Kier alpha value is -2.98. The van der Waals surface area contributed by atoms with Gasteiger partial charge in [-0.15, -0.1) is 0 Å². The van der Waals surface area contributed by atoms with Crippen LogP contribution in [0.5, 0.6) is 0 Å². The molecule has 27 heavy (non-hydrogen) atoms. The summed E-state index contributed by atoms with van der Waals surface area (Å²) in [6.45, 7) is 2.86. The average Bonchev–Trinajstić information content (AvgIpc) is 3.04. The van der Waals surface area contributed by atoms with Crippen molar-refractivity contribution in [3.8, 4) is 11.4 Å². The Labute approximate surface area is 159 Å². The van der Waals surface area contributed by atoms with Crippen LogP contribution in [-0.2, 0) is 26.6 Å². The van der Waals surface area contributed by atoms with Crippen LogP contribution in [-0.4, -0.2) is 26.0 Å². The second-order valence-electron chi connectivity index (χ2n) is 7.25. The molecule has 0 aliphatic carbocycles. The van der Waals surface area contributed by atoms with Crippen molar-refractivity contribution in [2.75, 3.05) is 6.54 Å². The highest BCUT2D eigenvalue weighted by atomic mass is 15.2. The highest BCUT2D eigenvalue weighted by molar-refractivity contribution is 5.81. The van der Waals surface area contributed by atoms with E-state index < -0.39 is 0 Å². The Balaban J connectivity index is 1.41. The fourth-order valence-corrected chi connectivity index (χ4v) is 3.95. The fourth-order valence-electron chi connectivity index (χ4n) is 3.95. The molecule has 0 bridgehead atoms. The number of rotatable bonds is 3. The molecule has 0 atom stereocenters. The number of fused-ring (bicyclic) bond motifs is 2. The van der Waals surface area contributed by atoms with Crippen molar-refractivity contribution in [1.29, 1.82) is 0 Å². The first kappa shape index (κ1) is 16.2. The molecule has 0 unspecified atom stereocenters. The van der Waals surface area contributed by atoms with Gasteiger partial charge in [-0.2, -0.15) is 0 Å². The van der Waals surface area contributed by atoms with Crippen molar-refractivity contribution >= 4 is 10.9 Å². The Morgan fingerprint density at radius 3 is 2.67 bits per heavy atom. The van der Waals surface area contributed by atoms with E-state index in [-0.39, 0.29) is 0 Å². The second kappa shape index (κ2) is 6.63. The normalized spacial score (nSPS) is 14.4. The van der Waals surface area contributed by atoms with Gasteiger partial charge in [0.15, 0.2) is 5.82 Å². The van der Waals surface area contributed by atoms with E-state index in [1.165, 1.54) is 22.2 Å². The Kier molecular flexibility index (Phi) is 3.98. The van der Waals surface area contributed by atoms with Gasteiger partial charge in [-0.25, -0.2) is 9.97 Å². The first-order chi connectivity index (χ1) is 13.3. The van der Waals surface area contributed by atoms with Crippen LogP contribution in [0.15, 0.2) is 66.9 Å². The molecular weight excluding hydrogens is 332 g/mol. The van der Waals surface area contributed by atoms with Crippen molar-refractivity contribution in [3.05, 3.63) is 83.8 Å². The van der Waals surface area contributed by atoms with Crippen LogP contribution in [0.25, 0.3) is 22.3 Å². The molecule has 0 fully saturated rings. The number of hydrogen-bond donors (Lipinski definition) is 0. The van der Waals surface area contributed by atoms with Gasteiger partial charge in [-0.05, 0) is 29.5 Å². The SMILES string of the molecule is Cn1c(CN2CCc3cnc(-c4ccccc4)nc3C2)cc2ccccc21. The largest absolute Gasteiger partial charge is 0.346 e. The predicted octanol–water partition coefficient (Wildman–Crippen LogP) is 4.19. The summed E-state index contributed by atoms with van der Waals surface area (Å²) >= 11 is 0. The Morgan fingerprint density at radius 2 is 1.81 bits per heavy atom. The zero-order valence-electron chi connectivity index (χ0n) is 15.5. The minimum Gasteiger partial charge on any atom is -0.346 e. The third-order valence-corrected chi connectivity index (χ3v) is 5.49. The van der Waals surface area contributed by atoms with E-state index in [4.69, 9.17) is 4.98 Å². The van der Waals surface area contributed by atoms with E-state index in [0.717, 1.165) is 43.1 Å². The van der Waals surface area contributed by atoms with Crippen molar-refractivity contribution in [1.82, 2.24) is 19.4 Å². The van der Waals surface area contributed by atoms with Crippen LogP contribution in [0, 0.1) is 0 Å². The number of nitrogens with zero attached hydrogens (tertiary/aromatic N) is 4. The molecule has 3 heterocycles. The summed E-state index contributed by atoms with van der Waals surface area (Å²) in [5, 5.41) is 1.31. The molecule has 5 rings (SSSR count). The monoisotopic (exact) mass is 354 g/mol. The molecule has 4 aromatic rings. The summed E-state index contributed by atoms with van der Waals surface area (Å²) in [4.78, 5) is 11.9. The van der Waals surface area contributed by atoms with Crippen LogP contribution >= 0.6 is 0 Å². The van der Waals surface area contributed by atoms with E-state index in [2.05, 4.69) is 64.0 Å². The molecule has 1 aliphatic heterocycles. The molecule has 0 radical (unpaired) electrons. The van der Waals surface area contributed by atoms with Crippen LogP contribution in [0.3, 0.4) is 0 Å². The summed E-state index contributed by atoms with van der Waals surface area (Å²) in [5.74, 6) is 0.820. The average molecular weight is 354 g/mol. The molecular formula is C23H22N4. The smallest absolute Gasteiger partial charge is 0.159 e. The molecule has 0 N–H and O–H groups in total. The molecule has 134 valence electrons. The Morgan fingerprint density at radius 1 is 1.00 bits per heavy atom. The third kappa shape index (κ3) is 3.02. The maximum Gasteiger partial charge on any atom is 0.159 e. The molecule has 2 aromatic carbocycles. The van der Waals surface area contributed by atoms with Gasteiger partial charge in [0.1, 0.15) is 0 Å².